The molecule has 4 rings (SSSR count). The van der Waals surface area contributed by atoms with E-state index in [0.29, 0.717) is 13.0 Å². The van der Waals surface area contributed by atoms with Crippen LogP contribution in [0.2, 0.25) is 0 Å². The van der Waals surface area contributed by atoms with Crippen LogP contribution in [0.3, 0.4) is 0 Å². The fraction of sp³-hybridized carbons (Fsp3) is 0.440. The summed E-state index contributed by atoms with van der Waals surface area (Å²) in [6.45, 7) is 4.06. The number of nitrogens with zero attached hydrogens (tertiary/aromatic N) is 2. The molecule has 0 spiro atoms. The van der Waals surface area contributed by atoms with Crippen LogP contribution in [0.25, 0.3) is 0 Å². The molecular weight excluding hydrogens is 406 g/mol. The van der Waals surface area contributed by atoms with E-state index in [1.54, 1.807) is 4.90 Å². The van der Waals surface area contributed by atoms with Crippen molar-refractivity contribution in [1.29, 1.82) is 0 Å². The number of carbonyl (C=O) groups is 2. The zero-order valence-electron chi connectivity index (χ0n) is 18.0. The van der Waals surface area contributed by atoms with Gasteiger partial charge in [-0.3, -0.25) is 9.59 Å². The molecule has 0 saturated carbocycles. The highest BCUT2D eigenvalue weighted by Gasteiger charge is 2.32. The number of likely N-dealkylation sites (tertiary alicyclic amines) is 1. The first kappa shape index (κ1) is 21.9. The number of amides is 2. The second-order valence-electron chi connectivity index (χ2n) is 8.25. The van der Waals surface area contributed by atoms with Crippen LogP contribution in [0.4, 0.5) is 5.69 Å². The highest BCUT2D eigenvalue weighted by Crippen LogP contribution is 2.27. The first-order valence-electron chi connectivity index (χ1n) is 11.2. The van der Waals surface area contributed by atoms with Crippen molar-refractivity contribution in [3.05, 3.63) is 65.7 Å². The maximum Gasteiger partial charge on any atom is 0.251 e. The van der Waals surface area contributed by atoms with E-state index in [2.05, 4.69) is 22.3 Å². The van der Waals surface area contributed by atoms with Gasteiger partial charge in [0.1, 0.15) is 6.04 Å². The van der Waals surface area contributed by atoms with E-state index in [9.17, 15) is 9.59 Å². The van der Waals surface area contributed by atoms with Gasteiger partial charge in [-0.25, -0.2) is 0 Å². The zero-order valence-corrected chi connectivity index (χ0v) is 18.8. The second-order valence-corrected chi connectivity index (χ2v) is 9.47. The SMILES string of the molecule is O=C(Nc1ccc(CCN2CCSCC2)cc1)C(c1ccccc1)N1CCCCC1=O. The summed E-state index contributed by atoms with van der Waals surface area (Å²) in [5.74, 6) is 2.36. The summed E-state index contributed by atoms with van der Waals surface area (Å²) in [6.07, 6.45) is 3.37. The summed E-state index contributed by atoms with van der Waals surface area (Å²) < 4.78 is 0. The summed E-state index contributed by atoms with van der Waals surface area (Å²) >= 11 is 2.03. The normalized spacial score (nSPS) is 18.6. The van der Waals surface area contributed by atoms with E-state index >= 15 is 0 Å². The highest BCUT2D eigenvalue weighted by atomic mass is 32.2. The number of hydrogen-bond donors (Lipinski definition) is 1. The Hall–Kier alpha value is -2.31. The molecule has 0 radical (unpaired) electrons. The number of nitrogens with one attached hydrogen (secondary N) is 1. The molecule has 2 aliphatic rings. The van der Waals surface area contributed by atoms with Crippen molar-refractivity contribution in [2.75, 3.05) is 43.0 Å². The Bertz CT molecular complexity index is 866. The monoisotopic (exact) mass is 437 g/mol. The standard InChI is InChI=1S/C25H31N3O2S/c29-23-8-4-5-14-28(23)24(21-6-2-1-3-7-21)25(30)26-22-11-9-20(10-12-22)13-15-27-16-18-31-19-17-27/h1-3,6-7,9-12,24H,4-5,8,13-19H2,(H,26,30). The Labute approximate surface area is 189 Å². The summed E-state index contributed by atoms with van der Waals surface area (Å²) in [5, 5.41) is 3.05. The van der Waals surface area contributed by atoms with Gasteiger partial charge in [0.05, 0.1) is 0 Å². The summed E-state index contributed by atoms with van der Waals surface area (Å²) in [6, 6.07) is 17.2. The topological polar surface area (TPSA) is 52.7 Å². The molecule has 6 heteroatoms. The van der Waals surface area contributed by atoms with Crippen molar-refractivity contribution in [2.45, 2.75) is 31.7 Å². The maximum absolute atomic E-state index is 13.3. The van der Waals surface area contributed by atoms with Crippen LogP contribution in [-0.2, 0) is 16.0 Å². The fourth-order valence-electron chi connectivity index (χ4n) is 4.29. The van der Waals surface area contributed by atoms with Crippen LogP contribution in [0.5, 0.6) is 0 Å². The van der Waals surface area contributed by atoms with Crippen molar-refractivity contribution in [1.82, 2.24) is 9.80 Å². The first-order chi connectivity index (χ1) is 15.2. The minimum absolute atomic E-state index is 0.0571. The fourth-order valence-corrected chi connectivity index (χ4v) is 5.26. The third-order valence-corrected chi connectivity index (χ3v) is 7.02. The molecular formula is C25H31N3O2S. The molecule has 164 valence electrons. The van der Waals surface area contributed by atoms with Crippen LogP contribution in [0, 0.1) is 0 Å². The van der Waals surface area contributed by atoms with Gasteiger partial charge in [-0.05, 0) is 42.5 Å². The lowest BCUT2D eigenvalue weighted by molar-refractivity contribution is -0.141. The number of benzene rings is 2. The lowest BCUT2D eigenvalue weighted by Gasteiger charge is -2.34. The predicted molar refractivity (Wildman–Crippen MR) is 127 cm³/mol. The van der Waals surface area contributed by atoms with Crippen LogP contribution >= 0.6 is 11.8 Å². The van der Waals surface area contributed by atoms with Crippen molar-refractivity contribution >= 4 is 29.3 Å². The molecule has 1 unspecified atom stereocenters. The molecule has 2 saturated heterocycles. The molecule has 2 aliphatic heterocycles. The minimum Gasteiger partial charge on any atom is -0.327 e. The Morgan fingerprint density at radius 2 is 1.71 bits per heavy atom. The summed E-state index contributed by atoms with van der Waals surface area (Å²) in [7, 11) is 0. The van der Waals surface area contributed by atoms with Gasteiger partial charge in [0, 0.05) is 49.8 Å². The van der Waals surface area contributed by atoms with E-state index < -0.39 is 6.04 Å². The highest BCUT2D eigenvalue weighted by molar-refractivity contribution is 7.99. The van der Waals surface area contributed by atoms with Crippen LogP contribution in [0.1, 0.15) is 36.4 Å². The summed E-state index contributed by atoms with van der Waals surface area (Å²) in [4.78, 5) is 30.1. The van der Waals surface area contributed by atoms with Crippen molar-refractivity contribution < 1.29 is 9.59 Å². The van der Waals surface area contributed by atoms with E-state index in [1.807, 2.05) is 54.2 Å². The minimum atomic E-state index is -0.592. The van der Waals surface area contributed by atoms with Crippen LogP contribution < -0.4 is 5.32 Å². The molecule has 0 aromatic heterocycles. The smallest absolute Gasteiger partial charge is 0.251 e. The molecule has 5 nitrogen and oxygen atoms in total. The largest absolute Gasteiger partial charge is 0.327 e. The molecule has 31 heavy (non-hydrogen) atoms. The van der Waals surface area contributed by atoms with Gasteiger partial charge in [-0.15, -0.1) is 0 Å². The third-order valence-electron chi connectivity index (χ3n) is 6.08. The molecule has 2 fully saturated rings. The van der Waals surface area contributed by atoms with Gasteiger partial charge >= 0.3 is 0 Å². The van der Waals surface area contributed by atoms with Gasteiger partial charge in [0.25, 0.3) is 5.91 Å². The lowest BCUT2D eigenvalue weighted by Crippen LogP contribution is -2.43. The van der Waals surface area contributed by atoms with Crippen molar-refractivity contribution in [2.24, 2.45) is 0 Å². The predicted octanol–water partition coefficient (Wildman–Crippen LogP) is 3.97. The number of hydrogen-bond acceptors (Lipinski definition) is 4. The molecule has 2 heterocycles. The molecule has 1 N–H and O–H groups in total. The second kappa shape index (κ2) is 10.8. The molecule has 2 aromatic carbocycles. The van der Waals surface area contributed by atoms with Gasteiger partial charge in [0.15, 0.2) is 0 Å². The molecule has 0 aliphatic carbocycles. The first-order valence-corrected chi connectivity index (χ1v) is 12.4. The number of rotatable bonds is 7. The van der Waals surface area contributed by atoms with E-state index in [0.717, 1.165) is 37.1 Å². The van der Waals surface area contributed by atoms with Gasteiger partial charge in [0.2, 0.25) is 5.91 Å². The average molecular weight is 438 g/mol. The van der Waals surface area contributed by atoms with Crippen LogP contribution in [-0.4, -0.2) is 59.3 Å². The van der Waals surface area contributed by atoms with Crippen molar-refractivity contribution in [3.63, 3.8) is 0 Å². The molecule has 2 aromatic rings. The van der Waals surface area contributed by atoms with E-state index in [-0.39, 0.29) is 11.8 Å². The summed E-state index contributed by atoms with van der Waals surface area (Å²) in [5.41, 5.74) is 2.90. The maximum atomic E-state index is 13.3. The Morgan fingerprint density at radius 3 is 2.42 bits per heavy atom. The Balaban J connectivity index is 1.41. The third kappa shape index (κ3) is 5.89. The quantitative estimate of drug-likeness (QED) is 0.712. The number of piperidine rings is 1. The molecule has 1 atom stereocenters. The van der Waals surface area contributed by atoms with Gasteiger partial charge in [-0.2, -0.15) is 11.8 Å². The molecule has 2 amide bonds. The van der Waals surface area contributed by atoms with Crippen LogP contribution in [0.15, 0.2) is 54.6 Å². The average Bonchev–Trinajstić information content (AvgIpc) is 2.81. The Kier molecular flexibility index (Phi) is 7.65. The zero-order chi connectivity index (χ0) is 21.5. The number of thioether (sulfide) groups is 1. The van der Waals surface area contributed by atoms with Gasteiger partial charge < -0.3 is 15.1 Å². The van der Waals surface area contributed by atoms with E-state index in [4.69, 9.17) is 0 Å². The number of carbonyl (C=O) groups excluding carboxylic acids is 2. The van der Waals surface area contributed by atoms with Crippen molar-refractivity contribution in [3.8, 4) is 0 Å². The number of anilines is 1. The molecule has 0 bridgehead atoms. The lowest BCUT2D eigenvalue weighted by atomic mass is 10.0. The van der Waals surface area contributed by atoms with E-state index in [1.165, 1.54) is 30.2 Å². The van der Waals surface area contributed by atoms with Gasteiger partial charge in [-0.1, -0.05) is 42.5 Å². The Morgan fingerprint density at radius 1 is 0.968 bits per heavy atom.